The molecule has 2 saturated heterocycles. The third-order valence-electron chi connectivity index (χ3n) is 11.3. The molecule has 0 N–H and O–H groups in total. The van der Waals surface area contributed by atoms with Crippen LogP contribution >= 0.6 is 0 Å². The maximum Gasteiger partial charge on any atom is 0.463 e. The van der Waals surface area contributed by atoms with Crippen LogP contribution in [0.25, 0.3) is 0 Å². The summed E-state index contributed by atoms with van der Waals surface area (Å²) < 4.78 is 26.6. The summed E-state index contributed by atoms with van der Waals surface area (Å²) in [6.45, 7) is 29.3. The average molecular weight is 556 g/mol. The first kappa shape index (κ1) is 32.9. The van der Waals surface area contributed by atoms with Crippen LogP contribution < -0.4 is 0 Å². The number of hydrogen-bond acceptors (Lipinski definition) is 4. The van der Waals surface area contributed by atoms with Crippen LogP contribution in [0.1, 0.15) is 141 Å². The van der Waals surface area contributed by atoms with Crippen molar-refractivity contribution >= 4 is 21.5 Å². The van der Waals surface area contributed by atoms with E-state index in [1.165, 1.54) is 52.2 Å². The lowest BCUT2D eigenvalue weighted by atomic mass is 9.37. The lowest BCUT2D eigenvalue weighted by molar-refractivity contribution is -0.157. The van der Waals surface area contributed by atoms with E-state index >= 15 is 0 Å². The van der Waals surface area contributed by atoms with Gasteiger partial charge in [-0.3, -0.25) is 0 Å². The highest BCUT2D eigenvalue weighted by Gasteiger charge is 2.59. The number of fused-ring (bicyclic) bond motifs is 2. The second-order valence-corrected chi connectivity index (χ2v) is 18.6. The third-order valence-corrected chi connectivity index (χ3v) is 11.3. The molecule has 4 aliphatic rings. The molecule has 0 radical (unpaired) electrons. The lowest BCUT2D eigenvalue weighted by Crippen LogP contribution is -2.63. The summed E-state index contributed by atoms with van der Waals surface area (Å²) in [5.74, 6) is 3.10. The predicted molar refractivity (Wildman–Crippen MR) is 173 cm³/mol. The van der Waals surface area contributed by atoms with Crippen molar-refractivity contribution in [1.82, 2.24) is 0 Å². The van der Waals surface area contributed by atoms with Crippen molar-refractivity contribution in [3.63, 3.8) is 0 Å². The fourth-order valence-electron chi connectivity index (χ4n) is 8.73. The zero-order chi connectivity index (χ0) is 29.8. The molecule has 228 valence electrons. The fourth-order valence-corrected chi connectivity index (χ4v) is 8.73. The first-order chi connectivity index (χ1) is 18.2. The molecule has 2 unspecified atom stereocenters. The Kier molecular flexibility index (Phi) is 9.48. The monoisotopic (exact) mass is 557 g/mol. The third kappa shape index (κ3) is 7.57. The summed E-state index contributed by atoms with van der Waals surface area (Å²) in [6.07, 6.45) is 12.0. The molecule has 4 nitrogen and oxygen atoms in total. The Hall–Kier alpha value is 0.0348. The highest BCUT2D eigenvalue weighted by molar-refractivity contribution is 6.49. The average Bonchev–Trinajstić information content (AvgIpc) is 2.79. The van der Waals surface area contributed by atoms with Crippen molar-refractivity contribution in [1.29, 1.82) is 0 Å². The van der Waals surface area contributed by atoms with Gasteiger partial charge in [-0.2, -0.15) is 0 Å². The Morgan fingerprint density at radius 3 is 1.77 bits per heavy atom. The molecular formula is C33H63B3O4. The first-order valence-electron chi connectivity index (χ1n) is 16.8. The van der Waals surface area contributed by atoms with Crippen molar-refractivity contribution in [2.24, 2.45) is 23.2 Å². The summed E-state index contributed by atoms with van der Waals surface area (Å²) in [5.41, 5.74) is -0.537. The van der Waals surface area contributed by atoms with Crippen molar-refractivity contribution in [2.75, 3.05) is 13.2 Å². The highest BCUT2D eigenvalue weighted by Crippen LogP contribution is 2.56. The van der Waals surface area contributed by atoms with Crippen LogP contribution in [0.3, 0.4) is 0 Å². The van der Waals surface area contributed by atoms with E-state index in [2.05, 4.69) is 83.1 Å². The van der Waals surface area contributed by atoms with Gasteiger partial charge >= 0.3 is 14.2 Å². The van der Waals surface area contributed by atoms with Crippen LogP contribution in [-0.4, -0.2) is 45.9 Å². The zero-order valence-corrected chi connectivity index (χ0v) is 28.6. The second kappa shape index (κ2) is 11.5. The van der Waals surface area contributed by atoms with Crippen LogP contribution in [0.5, 0.6) is 0 Å². The van der Waals surface area contributed by atoms with E-state index in [1.54, 1.807) is 0 Å². The van der Waals surface area contributed by atoms with Crippen LogP contribution in [0.15, 0.2) is 0 Å². The molecule has 2 atom stereocenters. The Morgan fingerprint density at radius 1 is 0.750 bits per heavy atom. The standard InChI is InChI=1S/C33H63B3O4/c1-28(2,3)35-39-32(10,11)26(21-31(8,9)36-37-22-29(4,5)23-38-36)33(12,40-35)20-19-30(6,7)34-27-24-15-13-16-25(27)18-14-17-24/h24-27,34H,13-23H2,1-12H3. The van der Waals surface area contributed by atoms with Crippen LogP contribution in [0.4, 0.5) is 0 Å². The molecule has 0 spiro atoms. The quantitative estimate of drug-likeness (QED) is 0.280. The van der Waals surface area contributed by atoms with Gasteiger partial charge in [0.05, 0.1) is 11.2 Å². The van der Waals surface area contributed by atoms with Crippen LogP contribution in [0, 0.1) is 23.2 Å². The van der Waals surface area contributed by atoms with E-state index in [0.717, 1.165) is 43.7 Å². The van der Waals surface area contributed by atoms with E-state index in [-0.39, 0.29) is 47.4 Å². The van der Waals surface area contributed by atoms with E-state index in [0.29, 0.717) is 5.31 Å². The van der Waals surface area contributed by atoms with E-state index in [1.807, 2.05) is 0 Å². The molecule has 0 aromatic rings. The summed E-state index contributed by atoms with van der Waals surface area (Å²) in [5, 5.41) is 0.0639. The molecule has 4 rings (SSSR count). The van der Waals surface area contributed by atoms with Crippen LogP contribution in [-0.2, 0) is 18.6 Å². The largest absolute Gasteiger partial charge is 0.463 e. The Labute approximate surface area is 250 Å². The molecule has 4 fully saturated rings. The molecule has 7 heteroatoms. The highest BCUT2D eigenvalue weighted by atomic mass is 16.6. The van der Waals surface area contributed by atoms with E-state index in [9.17, 15) is 0 Å². The van der Waals surface area contributed by atoms with Crippen molar-refractivity contribution < 1.29 is 18.6 Å². The maximum atomic E-state index is 7.11. The minimum Gasteiger partial charge on any atom is -0.410 e. The van der Waals surface area contributed by atoms with E-state index in [4.69, 9.17) is 18.6 Å². The van der Waals surface area contributed by atoms with Gasteiger partial charge in [0.25, 0.3) is 0 Å². The van der Waals surface area contributed by atoms with E-state index < -0.39 is 0 Å². The van der Waals surface area contributed by atoms with Crippen molar-refractivity contribution in [2.45, 2.75) is 174 Å². The van der Waals surface area contributed by atoms with Gasteiger partial charge in [0.2, 0.25) is 0 Å². The minimum atomic E-state index is -0.319. The molecular weight excluding hydrogens is 493 g/mol. The first-order valence-corrected chi connectivity index (χ1v) is 16.8. The molecule has 2 saturated carbocycles. The van der Waals surface area contributed by atoms with Crippen LogP contribution in [0.2, 0.25) is 21.8 Å². The molecule has 2 heterocycles. The summed E-state index contributed by atoms with van der Waals surface area (Å²) in [6, 6.07) is 0. The number of hydrogen-bond donors (Lipinski definition) is 0. The topological polar surface area (TPSA) is 36.9 Å². The van der Waals surface area contributed by atoms with Gasteiger partial charge in [0.15, 0.2) is 0 Å². The molecule has 2 bridgehead atoms. The molecule has 0 amide bonds. The Bertz CT molecular complexity index is 834. The molecule has 2 aliphatic carbocycles. The summed E-state index contributed by atoms with van der Waals surface area (Å²) in [7, 11) is 0.940. The minimum absolute atomic E-state index is 0.0692. The molecule has 2 aliphatic heterocycles. The molecule has 40 heavy (non-hydrogen) atoms. The Balaban J connectivity index is 1.53. The summed E-state index contributed by atoms with van der Waals surface area (Å²) >= 11 is 0. The van der Waals surface area contributed by atoms with Gasteiger partial charge in [-0.1, -0.05) is 118 Å². The van der Waals surface area contributed by atoms with Gasteiger partial charge in [-0.25, -0.2) is 0 Å². The van der Waals surface area contributed by atoms with Crippen molar-refractivity contribution in [3.05, 3.63) is 0 Å². The second-order valence-electron chi connectivity index (χ2n) is 18.6. The van der Waals surface area contributed by atoms with Crippen molar-refractivity contribution in [3.8, 4) is 0 Å². The van der Waals surface area contributed by atoms with Gasteiger partial charge < -0.3 is 18.6 Å². The SMILES string of the molecule is CC(C)(BC1C2CCCC1CCC2)CCC1(C)OB(C(C)(C)C)OC(C)(C)C1CC(C)(C)B1OCC(C)(C)CO1. The zero-order valence-electron chi connectivity index (χ0n) is 28.6. The normalized spacial score (nSPS) is 35.0. The van der Waals surface area contributed by atoms with Gasteiger partial charge in [-0.05, 0) is 50.8 Å². The fraction of sp³-hybridized carbons (Fsp3) is 1.00. The Morgan fingerprint density at radius 2 is 1.27 bits per heavy atom. The van der Waals surface area contributed by atoms with Gasteiger partial charge in [-0.15, -0.1) is 0 Å². The molecule has 0 aromatic heterocycles. The van der Waals surface area contributed by atoms with Gasteiger partial charge in [0.1, 0.15) is 7.28 Å². The maximum absolute atomic E-state index is 7.11. The molecule has 0 aromatic carbocycles. The predicted octanol–water partition coefficient (Wildman–Crippen LogP) is 9.01. The van der Waals surface area contributed by atoms with Gasteiger partial charge in [0, 0.05) is 29.9 Å². The summed E-state index contributed by atoms with van der Waals surface area (Å²) in [4.78, 5) is 0. The lowest BCUT2D eigenvalue weighted by Gasteiger charge is -2.57. The number of rotatable bonds is 8. The smallest absolute Gasteiger partial charge is 0.410 e.